The van der Waals surface area contributed by atoms with Crippen LogP contribution in [0.5, 0.6) is 0 Å². The zero-order valence-electron chi connectivity index (χ0n) is 51.1. The van der Waals surface area contributed by atoms with Crippen molar-refractivity contribution in [2.45, 2.75) is 277 Å². The van der Waals surface area contributed by atoms with E-state index in [1.165, 1.54) is 135 Å². The maximum absolute atomic E-state index is 12.8. The molecule has 0 saturated heterocycles. The Morgan fingerprint density at radius 1 is 0.397 bits per heavy atom. The third-order valence-corrected chi connectivity index (χ3v) is 14.6. The monoisotopic (exact) mass is 1110 g/mol. The maximum atomic E-state index is 12.8. The Kier molecular flexibility index (Phi) is 56.3. The van der Waals surface area contributed by atoms with E-state index in [-0.39, 0.29) is 32.0 Å². The van der Waals surface area contributed by atoms with Crippen molar-refractivity contribution in [3.8, 4) is 0 Å². The summed E-state index contributed by atoms with van der Waals surface area (Å²) in [5.74, 6) is -0.838. The molecule has 0 aromatic rings. The first-order valence-electron chi connectivity index (χ1n) is 31.9. The van der Waals surface area contributed by atoms with Crippen LogP contribution in [0, 0.1) is 0 Å². The van der Waals surface area contributed by atoms with Crippen molar-refractivity contribution < 1.29 is 42.1 Å². The van der Waals surface area contributed by atoms with Crippen LogP contribution in [0.2, 0.25) is 0 Å². The summed E-state index contributed by atoms with van der Waals surface area (Å²) in [5.41, 5.74) is 0. The van der Waals surface area contributed by atoms with Gasteiger partial charge in [-0.15, -0.1) is 0 Å². The summed E-state index contributed by atoms with van der Waals surface area (Å²) < 4.78 is 34.2. The second-order valence-corrected chi connectivity index (χ2v) is 23.8. The summed E-state index contributed by atoms with van der Waals surface area (Å²) in [6, 6.07) is 0. The minimum absolute atomic E-state index is 0.0348. The molecule has 78 heavy (non-hydrogen) atoms. The first kappa shape index (κ1) is 74.9. The number of hydrogen-bond acceptors (Lipinski definition) is 8. The quantitative estimate of drug-likeness (QED) is 0.0195. The summed E-state index contributed by atoms with van der Waals surface area (Å²) in [5, 5.41) is 0. The molecule has 0 aromatic carbocycles. The first-order chi connectivity index (χ1) is 38.0. The fourth-order valence-corrected chi connectivity index (χ4v) is 9.49. The van der Waals surface area contributed by atoms with Gasteiger partial charge in [-0.05, 0) is 89.9 Å². The SMILES string of the molecule is CC/C=C\C/C=C\C/C=C\C/C=C\CCCCCCCCCCCCCCCCCCCCCCC(=O)OC(COC(=O)CCCCCCCCCC/C=C\C/C=C\C/C=C\C/C=C\CC)COP(=O)([O-])OCC[N+](C)(C)C. The van der Waals surface area contributed by atoms with Gasteiger partial charge in [0.2, 0.25) is 0 Å². The Balaban J connectivity index is 4.06. The van der Waals surface area contributed by atoms with E-state index in [0.717, 1.165) is 103 Å². The van der Waals surface area contributed by atoms with Crippen molar-refractivity contribution in [3.63, 3.8) is 0 Å². The number of allylic oxidation sites excluding steroid dienone is 16. The van der Waals surface area contributed by atoms with Crippen LogP contribution in [0.1, 0.15) is 271 Å². The molecule has 0 N–H and O–H groups in total. The van der Waals surface area contributed by atoms with Crippen molar-refractivity contribution in [3.05, 3.63) is 97.2 Å². The fourth-order valence-electron chi connectivity index (χ4n) is 8.76. The van der Waals surface area contributed by atoms with Gasteiger partial charge in [0.25, 0.3) is 7.82 Å². The summed E-state index contributed by atoms with van der Waals surface area (Å²) in [6.07, 6.45) is 80.4. The summed E-state index contributed by atoms with van der Waals surface area (Å²) >= 11 is 0. The molecule has 0 rings (SSSR count). The van der Waals surface area contributed by atoms with E-state index in [0.29, 0.717) is 17.4 Å². The molecule has 0 aliphatic carbocycles. The highest BCUT2D eigenvalue weighted by atomic mass is 31.2. The molecule has 0 radical (unpaired) electrons. The lowest BCUT2D eigenvalue weighted by molar-refractivity contribution is -0.870. The average molecular weight is 1110 g/mol. The Bertz CT molecular complexity index is 1640. The Morgan fingerprint density at radius 2 is 0.692 bits per heavy atom. The van der Waals surface area contributed by atoms with Gasteiger partial charge in [0, 0.05) is 12.8 Å². The van der Waals surface area contributed by atoms with Gasteiger partial charge in [-0.1, -0.05) is 265 Å². The Hall–Kier alpha value is -3.07. The molecule has 10 heteroatoms. The van der Waals surface area contributed by atoms with E-state index < -0.39 is 26.5 Å². The molecule has 0 saturated carbocycles. The van der Waals surface area contributed by atoms with Crippen LogP contribution >= 0.6 is 7.82 Å². The number of rotatable bonds is 58. The lowest BCUT2D eigenvalue weighted by Crippen LogP contribution is -2.37. The van der Waals surface area contributed by atoms with Gasteiger partial charge < -0.3 is 27.9 Å². The second kappa shape index (κ2) is 58.6. The van der Waals surface area contributed by atoms with Crippen molar-refractivity contribution in [1.82, 2.24) is 0 Å². The summed E-state index contributed by atoms with van der Waals surface area (Å²) in [4.78, 5) is 38.0. The number of carbonyl (C=O) groups is 2. The molecule has 0 heterocycles. The molecule has 2 unspecified atom stereocenters. The molecule has 0 bridgehead atoms. The molecule has 0 spiro atoms. The van der Waals surface area contributed by atoms with Gasteiger partial charge in [0.1, 0.15) is 19.8 Å². The van der Waals surface area contributed by atoms with Crippen LogP contribution in [0.25, 0.3) is 0 Å². The highest BCUT2D eigenvalue weighted by molar-refractivity contribution is 7.45. The molecule has 0 aliphatic rings. The number of unbranched alkanes of at least 4 members (excludes halogenated alkanes) is 28. The zero-order chi connectivity index (χ0) is 57.0. The predicted octanol–water partition coefficient (Wildman–Crippen LogP) is 19.7. The molecular formula is C68H120NO8P. The number of quaternary nitrogens is 1. The van der Waals surface area contributed by atoms with Crippen LogP contribution in [0.4, 0.5) is 0 Å². The highest BCUT2D eigenvalue weighted by Gasteiger charge is 2.22. The number of phosphoric acid groups is 1. The third kappa shape index (κ3) is 62.1. The van der Waals surface area contributed by atoms with Crippen molar-refractivity contribution in [2.75, 3.05) is 47.5 Å². The molecule has 2 atom stereocenters. The molecule has 9 nitrogen and oxygen atoms in total. The van der Waals surface area contributed by atoms with Gasteiger partial charge in [0.15, 0.2) is 6.10 Å². The van der Waals surface area contributed by atoms with Crippen molar-refractivity contribution >= 4 is 19.8 Å². The number of esters is 2. The molecular weight excluding hydrogens is 990 g/mol. The van der Waals surface area contributed by atoms with Gasteiger partial charge in [-0.2, -0.15) is 0 Å². The molecule has 0 aromatic heterocycles. The van der Waals surface area contributed by atoms with Gasteiger partial charge in [-0.3, -0.25) is 14.2 Å². The number of ether oxygens (including phenoxy) is 2. The van der Waals surface area contributed by atoms with E-state index in [9.17, 15) is 19.0 Å². The summed E-state index contributed by atoms with van der Waals surface area (Å²) in [7, 11) is 1.16. The molecule has 0 aliphatic heterocycles. The van der Waals surface area contributed by atoms with Crippen LogP contribution in [0.15, 0.2) is 97.2 Å². The topological polar surface area (TPSA) is 111 Å². The Morgan fingerprint density at radius 3 is 1.03 bits per heavy atom. The Labute approximate surface area is 481 Å². The molecule has 0 amide bonds. The lowest BCUT2D eigenvalue weighted by atomic mass is 10.0. The van der Waals surface area contributed by atoms with Gasteiger partial charge in [0.05, 0.1) is 27.7 Å². The number of likely N-dealkylation sites (N-methyl/N-ethyl adjacent to an activating group) is 1. The standard InChI is InChI=1S/C68H120NO8P/c1-6-8-10-12-14-16-18-20-22-24-26-28-29-30-31-32-33-34-35-36-37-38-39-41-43-45-47-49-51-53-55-57-59-61-68(71)77-66(65-76-78(72,73)75-63-62-69(3,4)5)64-74-67(70)60-58-56-54-52-50-48-46-44-42-40-27-25-23-21-19-17-15-13-11-9-7-2/h8-11,14-17,20-23,26-28,40,66H,6-7,12-13,18-19,24-25,29-39,41-65H2,1-5H3/b10-8-,11-9-,16-14-,17-15-,22-20-,23-21-,28-26-,40-27-. The van der Waals surface area contributed by atoms with E-state index >= 15 is 0 Å². The fraction of sp³-hybridized carbons (Fsp3) is 0.735. The average Bonchev–Trinajstić information content (AvgIpc) is 3.41. The molecule has 450 valence electrons. The van der Waals surface area contributed by atoms with Crippen molar-refractivity contribution in [2.24, 2.45) is 0 Å². The third-order valence-electron chi connectivity index (χ3n) is 13.6. The van der Waals surface area contributed by atoms with E-state index in [1.54, 1.807) is 0 Å². The highest BCUT2D eigenvalue weighted by Crippen LogP contribution is 2.38. The van der Waals surface area contributed by atoms with E-state index in [2.05, 4.69) is 111 Å². The smallest absolute Gasteiger partial charge is 0.306 e. The van der Waals surface area contributed by atoms with Crippen LogP contribution in [0.3, 0.4) is 0 Å². The second-order valence-electron chi connectivity index (χ2n) is 22.4. The minimum atomic E-state index is -4.64. The normalized spacial score (nSPS) is 13.9. The minimum Gasteiger partial charge on any atom is -0.756 e. The first-order valence-corrected chi connectivity index (χ1v) is 33.4. The maximum Gasteiger partial charge on any atom is 0.306 e. The number of nitrogens with zero attached hydrogens (tertiary/aromatic N) is 1. The van der Waals surface area contributed by atoms with Crippen molar-refractivity contribution in [1.29, 1.82) is 0 Å². The predicted molar refractivity (Wildman–Crippen MR) is 332 cm³/mol. The largest absolute Gasteiger partial charge is 0.756 e. The van der Waals surface area contributed by atoms with Crippen LogP contribution in [-0.4, -0.2) is 70.0 Å². The van der Waals surface area contributed by atoms with E-state index in [4.69, 9.17) is 18.5 Å². The van der Waals surface area contributed by atoms with Crippen LogP contribution in [-0.2, 0) is 32.7 Å². The number of phosphoric ester groups is 1. The lowest BCUT2D eigenvalue weighted by Gasteiger charge is -2.28. The van der Waals surface area contributed by atoms with E-state index in [1.807, 2.05) is 21.1 Å². The number of hydrogen-bond donors (Lipinski definition) is 0. The number of carbonyl (C=O) groups excluding carboxylic acids is 2. The zero-order valence-corrected chi connectivity index (χ0v) is 52.0. The summed E-state index contributed by atoms with van der Waals surface area (Å²) in [6.45, 7) is 4.02. The molecule has 0 fully saturated rings. The van der Waals surface area contributed by atoms with Crippen LogP contribution < -0.4 is 4.89 Å². The van der Waals surface area contributed by atoms with Gasteiger partial charge in [-0.25, -0.2) is 0 Å². The van der Waals surface area contributed by atoms with Gasteiger partial charge >= 0.3 is 11.9 Å².